The number of rotatable bonds is 1. The lowest BCUT2D eigenvalue weighted by Crippen LogP contribution is -2.42. The molecule has 1 aromatic carbocycles. The number of para-hydroxylation sites is 1. The van der Waals surface area contributed by atoms with Gasteiger partial charge in [0.25, 0.3) is 0 Å². The van der Waals surface area contributed by atoms with Crippen LogP contribution < -0.4 is 11.1 Å². The van der Waals surface area contributed by atoms with Gasteiger partial charge in [0, 0.05) is 18.6 Å². The minimum absolute atomic E-state index is 0.0620. The highest BCUT2D eigenvalue weighted by Crippen LogP contribution is 2.22. The van der Waals surface area contributed by atoms with Crippen LogP contribution in [0.4, 0.5) is 10.5 Å². The molecule has 0 aliphatic carbocycles. The van der Waals surface area contributed by atoms with Crippen LogP contribution in [0.15, 0.2) is 24.3 Å². The van der Waals surface area contributed by atoms with E-state index < -0.39 is 0 Å². The van der Waals surface area contributed by atoms with Crippen LogP contribution in [0, 0.1) is 0 Å². The van der Waals surface area contributed by atoms with Gasteiger partial charge in [0.15, 0.2) is 0 Å². The number of carbonyl (C=O) groups excluding carboxylic acids is 1. The molecule has 1 saturated heterocycles. The molecule has 3 N–H and O–H groups in total. The van der Waals surface area contributed by atoms with Crippen LogP contribution in [0.5, 0.6) is 0 Å². The summed E-state index contributed by atoms with van der Waals surface area (Å²) >= 11 is 5.98. The number of halogens is 1. The van der Waals surface area contributed by atoms with E-state index in [2.05, 4.69) is 5.32 Å². The van der Waals surface area contributed by atoms with E-state index in [1.54, 1.807) is 17.0 Å². The molecule has 2 atom stereocenters. The van der Waals surface area contributed by atoms with Gasteiger partial charge in [-0.25, -0.2) is 4.79 Å². The van der Waals surface area contributed by atoms with E-state index in [0.29, 0.717) is 17.3 Å². The van der Waals surface area contributed by atoms with Crippen LogP contribution in [-0.2, 0) is 0 Å². The number of carbonyl (C=O) groups is 1. The fourth-order valence-electron chi connectivity index (χ4n) is 2.00. The van der Waals surface area contributed by atoms with Crippen molar-refractivity contribution in [3.63, 3.8) is 0 Å². The Morgan fingerprint density at radius 2 is 2.24 bits per heavy atom. The monoisotopic (exact) mass is 253 g/mol. The van der Waals surface area contributed by atoms with Gasteiger partial charge in [0.05, 0.1) is 10.7 Å². The number of benzene rings is 1. The Kier molecular flexibility index (Phi) is 3.54. The molecule has 1 aromatic rings. The standard InChI is InChI=1S/C12H16ClN3O/c1-8-10(14)6-7-16(8)12(17)15-11-5-3-2-4-9(11)13/h2-5,8,10H,6-7,14H2,1H3,(H,15,17). The van der Waals surface area contributed by atoms with Gasteiger partial charge >= 0.3 is 6.03 Å². The Balaban J connectivity index is 2.05. The molecule has 0 aromatic heterocycles. The average Bonchev–Trinajstić information content (AvgIpc) is 2.63. The molecule has 2 unspecified atom stereocenters. The summed E-state index contributed by atoms with van der Waals surface area (Å²) in [6, 6.07) is 7.17. The fraction of sp³-hybridized carbons (Fsp3) is 0.417. The van der Waals surface area contributed by atoms with Gasteiger partial charge in [-0.1, -0.05) is 23.7 Å². The molecular formula is C12H16ClN3O. The normalized spacial score (nSPS) is 23.8. The number of urea groups is 1. The zero-order chi connectivity index (χ0) is 12.4. The lowest BCUT2D eigenvalue weighted by molar-refractivity contribution is 0.208. The summed E-state index contributed by atoms with van der Waals surface area (Å²) < 4.78 is 0. The minimum atomic E-state index is -0.140. The molecule has 0 bridgehead atoms. The average molecular weight is 254 g/mol. The number of hydrogen-bond donors (Lipinski definition) is 2. The third-order valence-corrected chi connectivity index (χ3v) is 3.52. The summed E-state index contributed by atoms with van der Waals surface area (Å²) in [7, 11) is 0. The van der Waals surface area contributed by atoms with Gasteiger partial charge in [0.1, 0.15) is 0 Å². The molecule has 92 valence electrons. The summed E-state index contributed by atoms with van der Waals surface area (Å²) in [5.41, 5.74) is 6.51. The van der Waals surface area contributed by atoms with Crippen molar-refractivity contribution in [1.29, 1.82) is 0 Å². The van der Waals surface area contributed by atoms with Crippen LogP contribution in [0.3, 0.4) is 0 Å². The van der Waals surface area contributed by atoms with Crippen LogP contribution in [-0.4, -0.2) is 29.6 Å². The smallest absolute Gasteiger partial charge is 0.322 e. The summed E-state index contributed by atoms with van der Waals surface area (Å²) in [6.07, 6.45) is 0.844. The third kappa shape index (κ3) is 2.53. The highest BCUT2D eigenvalue weighted by Gasteiger charge is 2.31. The first-order valence-corrected chi connectivity index (χ1v) is 6.05. The Morgan fingerprint density at radius 3 is 2.82 bits per heavy atom. The maximum Gasteiger partial charge on any atom is 0.322 e. The molecule has 1 aliphatic rings. The van der Waals surface area contributed by atoms with E-state index in [9.17, 15) is 4.79 Å². The Hall–Kier alpha value is -1.26. The van der Waals surface area contributed by atoms with E-state index in [1.807, 2.05) is 19.1 Å². The number of hydrogen-bond acceptors (Lipinski definition) is 2. The first kappa shape index (κ1) is 12.2. The molecule has 1 aliphatic heterocycles. The Labute approximate surface area is 106 Å². The fourth-order valence-corrected chi connectivity index (χ4v) is 2.18. The van der Waals surface area contributed by atoms with Crippen LogP contribution in [0.25, 0.3) is 0 Å². The molecular weight excluding hydrogens is 238 g/mol. The molecule has 1 fully saturated rings. The summed E-state index contributed by atoms with van der Waals surface area (Å²) in [4.78, 5) is 13.8. The van der Waals surface area contributed by atoms with E-state index in [1.165, 1.54) is 0 Å². The van der Waals surface area contributed by atoms with Crippen LogP contribution in [0.1, 0.15) is 13.3 Å². The number of nitrogens with zero attached hydrogens (tertiary/aromatic N) is 1. The Bertz CT molecular complexity index is 424. The lowest BCUT2D eigenvalue weighted by Gasteiger charge is -2.23. The van der Waals surface area contributed by atoms with Crippen LogP contribution in [0.2, 0.25) is 5.02 Å². The quantitative estimate of drug-likeness (QED) is 0.807. The van der Waals surface area contributed by atoms with Crippen molar-refractivity contribution in [2.45, 2.75) is 25.4 Å². The maximum absolute atomic E-state index is 12.0. The van der Waals surface area contributed by atoms with Crippen molar-refractivity contribution in [2.75, 3.05) is 11.9 Å². The second kappa shape index (κ2) is 4.94. The molecule has 0 radical (unpaired) electrons. The third-order valence-electron chi connectivity index (χ3n) is 3.19. The molecule has 0 saturated carbocycles. The molecule has 0 spiro atoms. The summed E-state index contributed by atoms with van der Waals surface area (Å²) in [6.45, 7) is 2.66. The van der Waals surface area contributed by atoms with Gasteiger partial charge in [-0.15, -0.1) is 0 Å². The number of amides is 2. The number of nitrogens with two attached hydrogens (primary N) is 1. The molecule has 2 amide bonds. The lowest BCUT2D eigenvalue weighted by atomic mass is 10.2. The van der Waals surface area contributed by atoms with Gasteiger partial charge in [-0.2, -0.15) is 0 Å². The molecule has 4 nitrogen and oxygen atoms in total. The largest absolute Gasteiger partial charge is 0.326 e. The molecule has 17 heavy (non-hydrogen) atoms. The topological polar surface area (TPSA) is 58.4 Å². The SMILES string of the molecule is CC1C(N)CCN1C(=O)Nc1ccccc1Cl. The maximum atomic E-state index is 12.0. The number of anilines is 1. The van der Waals surface area contributed by atoms with Gasteiger partial charge in [-0.05, 0) is 25.5 Å². The number of nitrogens with one attached hydrogen (secondary N) is 1. The Morgan fingerprint density at radius 1 is 1.53 bits per heavy atom. The molecule has 2 rings (SSSR count). The molecule has 1 heterocycles. The summed E-state index contributed by atoms with van der Waals surface area (Å²) in [5.74, 6) is 0. The van der Waals surface area contributed by atoms with Gasteiger partial charge in [-0.3, -0.25) is 0 Å². The first-order chi connectivity index (χ1) is 8.09. The van der Waals surface area contributed by atoms with E-state index >= 15 is 0 Å². The predicted octanol–water partition coefficient (Wildman–Crippen LogP) is 2.29. The van der Waals surface area contributed by atoms with Crippen molar-refractivity contribution in [3.8, 4) is 0 Å². The van der Waals surface area contributed by atoms with Crippen molar-refractivity contribution >= 4 is 23.3 Å². The highest BCUT2D eigenvalue weighted by atomic mass is 35.5. The zero-order valence-electron chi connectivity index (χ0n) is 9.69. The molecule has 5 heteroatoms. The number of likely N-dealkylation sites (tertiary alicyclic amines) is 1. The van der Waals surface area contributed by atoms with Crippen molar-refractivity contribution < 1.29 is 4.79 Å². The van der Waals surface area contributed by atoms with Gasteiger partial charge in [0.2, 0.25) is 0 Å². The predicted molar refractivity (Wildman–Crippen MR) is 69.2 cm³/mol. The minimum Gasteiger partial charge on any atom is -0.326 e. The zero-order valence-corrected chi connectivity index (χ0v) is 10.4. The second-order valence-corrected chi connectivity index (χ2v) is 4.70. The van der Waals surface area contributed by atoms with Gasteiger partial charge < -0.3 is 16.0 Å². The van der Waals surface area contributed by atoms with E-state index in [-0.39, 0.29) is 18.1 Å². The summed E-state index contributed by atoms with van der Waals surface area (Å²) in [5, 5.41) is 3.34. The first-order valence-electron chi connectivity index (χ1n) is 5.67. The van der Waals surface area contributed by atoms with Crippen molar-refractivity contribution in [2.24, 2.45) is 5.73 Å². The van der Waals surface area contributed by atoms with E-state index in [0.717, 1.165) is 6.42 Å². The van der Waals surface area contributed by atoms with Crippen molar-refractivity contribution in [1.82, 2.24) is 4.90 Å². The van der Waals surface area contributed by atoms with E-state index in [4.69, 9.17) is 17.3 Å². The highest BCUT2D eigenvalue weighted by molar-refractivity contribution is 6.33. The van der Waals surface area contributed by atoms with Crippen molar-refractivity contribution in [3.05, 3.63) is 29.3 Å². The van der Waals surface area contributed by atoms with Crippen LogP contribution >= 0.6 is 11.6 Å². The second-order valence-electron chi connectivity index (χ2n) is 4.30.